The molecule has 0 fully saturated rings. The molecule has 0 radical (unpaired) electrons. The van der Waals surface area contributed by atoms with Gasteiger partial charge >= 0.3 is 0 Å². The van der Waals surface area contributed by atoms with Gasteiger partial charge in [-0.3, -0.25) is 4.98 Å². The Morgan fingerprint density at radius 3 is 2.93 bits per heavy atom. The minimum atomic E-state index is 0.429. The van der Waals surface area contributed by atoms with E-state index in [-0.39, 0.29) is 0 Å². The van der Waals surface area contributed by atoms with Crippen molar-refractivity contribution in [3.63, 3.8) is 0 Å². The van der Waals surface area contributed by atoms with Gasteiger partial charge in [0.1, 0.15) is 5.52 Å². The summed E-state index contributed by atoms with van der Waals surface area (Å²) in [6.45, 7) is 4.29. The van der Waals surface area contributed by atoms with Gasteiger partial charge in [-0.25, -0.2) is 4.98 Å². The van der Waals surface area contributed by atoms with Crippen LogP contribution in [0.4, 0.5) is 0 Å². The second-order valence-corrected chi connectivity index (χ2v) is 4.77. The lowest BCUT2D eigenvalue weighted by Gasteiger charge is -1.95. The Hall–Kier alpha value is -0.670. The number of nitrogens with zero attached hydrogens (tertiary/aromatic N) is 2. The quantitative estimate of drug-likeness (QED) is 0.732. The number of thiazole rings is 1. The largest absolute Gasteiger partial charge is 0.258 e. The molecule has 0 unspecified atom stereocenters. The summed E-state index contributed by atoms with van der Waals surface area (Å²) in [5.74, 6) is 0.897. The van der Waals surface area contributed by atoms with E-state index in [0.717, 1.165) is 16.2 Å². The topological polar surface area (TPSA) is 25.8 Å². The first kappa shape index (κ1) is 9.87. The van der Waals surface area contributed by atoms with E-state index < -0.39 is 0 Å². The molecule has 2 nitrogen and oxygen atoms in total. The molecule has 2 heterocycles. The fourth-order valence-corrected chi connectivity index (χ4v) is 2.45. The van der Waals surface area contributed by atoms with E-state index in [1.54, 1.807) is 17.5 Å². The van der Waals surface area contributed by atoms with E-state index in [1.807, 2.05) is 6.07 Å². The van der Waals surface area contributed by atoms with Crippen molar-refractivity contribution in [1.82, 2.24) is 9.97 Å². The van der Waals surface area contributed by atoms with Crippen molar-refractivity contribution in [1.29, 1.82) is 0 Å². The number of rotatable bonds is 2. The maximum Gasteiger partial charge on any atom is 0.104 e. The van der Waals surface area contributed by atoms with Crippen LogP contribution in [-0.2, 0) is 5.88 Å². The second kappa shape index (κ2) is 3.83. The van der Waals surface area contributed by atoms with Crippen molar-refractivity contribution >= 4 is 33.2 Å². The third-order valence-electron chi connectivity index (χ3n) is 2.02. The molecule has 2 rings (SSSR count). The molecule has 0 saturated heterocycles. The third-order valence-corrected chi connectivity index (χ3v) is 3.59. The first-order valence-corrected chi connectivity index (χ1v) is 5.87. The van der Waals surface area contributed by atoms with Crippen molar-refractivity contribution in [3.05, 3.63) is 23.0 Å². The van der Waals surface area contributed by atoms with Gasteiger partial charge in [-0.2, -0.15) is 0 Å². The van der Waals surface area contributed by atoms with Crippen molar-refractivity contribution in [2.75, 3.05) is 0 Å². The third kappa shape index (κ3) is 1.62. The van der Waals surface area contributed by atoms with Crippen LogP contribution in [0.2, 0.25) is 0 Å². The highest BCUT2D eigenvalue weighted by Crippen LogP contribution is 2.28. The Bertz CT molecular complexity index is 450. The number of fused-ring (bicyclic) bond motifs is 1. The Labute approximate surface area is 92.0 Å². The lowest BCUT2D eigenvalue weighted by Crippen LogP contribution is -1.88. The molecule has 0 atom stereocenters. The highest BCUT2D eigenvalue weighted by molar-refractivity contribution is 7.18. The second-order valence-electron chi connectivity index (χ2n) is 3.44. The highest BCUT2D eigenvalue weighted by Gasteiger charge is 2.10. The van der Waals surface area contributed by atoms with Crippen LogP contribution in [0, 0.1) is 0 Å². The number of hydrogen-bond acceptors (Lipinski definition) is 3. The molecular weight excluding hydrogens is 216 g/mol. The van der Waals surface area contributed by atoms with Gasteiger partial charge in [0.2, 0.25) is 0 Å². The number of halogens is 1. The summed E-state index contributed by atoms with van der Waals surface area (Å²) >= 11 is 7.52. The van der Waals surface area contributed by atoms with Gasteiger partial charge in [-0.05, 0) is 6.07 Å². The van der Waals surface area contributed by atoms with Crippen molar-refractivity contribution in [2.24, 2.45) is 0 Å². The van der Waals surface area contributed by atoms with Crippen LogP contribution < -0.4 is 0 Å². The monoisotopic (exact) mass is 226 g/mol. The fourth-order valence-electron chi connectivity index (χ4n) is 1.27. The van der Waals surface area contributed by atoms with E-state index in [4.69, 9.17) is 11.6 Å². The molecule has 0 aromatic carbocycles. The molecule has 2 aromatic heterocycles. The predicted octanol–water partition coefficient (Wildman–Crippen LogP) is 3.55. The van der Waals surface area contributed by atoms with Gasteiger partial charge < -0.3 is 0 Å². The van der Waals surface area contributed by atoms with Gasteiger partial charge in [0.25, 0.3) is 0 Å². The molecule has 74 valence electrons. The van der Waals surface area contributed by atoms with Crippen molar-refractivity contribution < 1.29 is 0 Å². The summed E-state index contributed by atoms with van der Waals surface area (Å²) in [7, 11) is 0. The van der Waals surface area contributed by atoms with Crippen LogP contribution in [0.3, 0.4) is 0 Å². The Kier molecular flexibility index (Phi) is 2.70. The zero-order valence-corrected chi connectivity index (χ0v) is 9.69. The SMILES string of the molecule is CC(C)c1nc2c(CCl)nccc2s1. The molecule has 0 saturated carbocycles. The van der Waals surface area contributed by atoms with Gasteiger partial charge in [0.05, 0.1) is 21.3 Å². The summed E-state index contributed by atoms with van der Waals surface area (Å²) < 4.78 is 1.18. The Morgan fingerprint density at radius 2 is 2.29 bits per heavy atom. The van der Waals surface area contributed by atoms with Crippen molar-refractivity contribution in [3.8, 4) is 0 Å². The average Bonchev–Trinajstić information content (AvgIpc) is 2.60. The summed E-state index contributed by atoms with van der Waals surface area (Å²) in [5, 5.41) is 1.15. The number of pyridine rings is 1. The normalized spacial score (nSPS) is 11.4. The van der Waals surface area contributed by atoms with E-state index >= 15 is 0 Å². The van der Waals surface area contributed by atoms with Crippen LogP contribution in [0.25, 0.3) is 10.2 Å². The highest BCUT2D eigenvalue weighted by atomic mass is 35.5. The first-order chi connectivity index (χ1) is 6.72. The van der Waals surface area contributed by atoms with Crippen LogP contribution in [0.5, 0.6) is 0 Å². The molecule has 4 heteroatoms. The predicted molar refractivity (Wildman–Crippen MR) is 61.1 cm³/mol. The summed E-state index contributed by atoms with van der Waals surface area (Å²) in [4.78, 5) is 8.76. The maximum atomic E-state index is 5.80. The molecule has 0 spiro atoms. The van der Waals surface area contributed by atoms with Gasteiger partial charge in [0, 0.05) is 12.1 Å². The van der Waals surface area contributed by atoms with E-state index in [1.165, 1.54) is 4.70 Å². The molecule has 14 heavy (non-hydrogen) atoms. The molecule has 0 amide bonds. The van der Waals surface area contributed by atoms with Crippen LogP contribution >= 0.6 is 22.9 Å². The lowest BCUT2D eigenvalue weighted by atomic mass is 10.2. The fraction of sp³-hybridized carbons (Fsp3) is 0.400. The number of hydrogen-bond donors (Lipinski definition) is 0. The molecule has 0 aliphatic carbocycles. The van der Waals surface area contributed by atoms with Crippen LogP contribution in [-0.4, -0.2) is 9.97 Å². The minimum Gasteiger partial charge on any atom is -0.258 e. The summed E-state index contributed by atoms with van der Waals surface area (Å²) in [6.07, 6.45) is 1.79. The molecular formula is C10H11ClN2S. The summed E-state index contributed by atoms with van der Waals surface area (Å²) in [5.41, 5.74) is 1.85. The van der Waals surface area contributed by atoms with E-state index in [9.17, 15) is 0 Å². The molecule has 0 bridgehead atoms. The Balaban J connectivity index is 2.64. The zero-order valence-electron chi connectivity index (χ0n) is 8.12. The summed E-state index contributed by atoms with van der Waals surface area (Å²) in [6, 6.07) is 1.99. The number of alkyl halides is 1. The van der Waals surface area contributed by atoms with Gasteiger partial charge in [0.15, 0.2) is 0 Å². The molecule has 0 N–H and O–H groups in total. The van der Waals surface area contributed by atoms with Crippen LogP contribution in [0.1, 0.15) is 30.5 Å². The van der Waals surface area contributed by atoms with Crippen LogP contribution in [0.15, 0.2) is 12.3 Å². The van der Waals surface area contributed by atoms with Crippen molar-refractivity contribution in [2.45, 2.75) is 25.6 Å². The number of aromatic nitrogens is 2. The van der Waals surface area contributed by atoms with Gasteiger partial charge in [-0.1, -0.05) is 13.8 Å². The first-order valence-electron chi connectivity index (χ1n) is 4.52. The molecule has 0 aliphatic rings. The van der Waals surface area contributed by atoms with Gasteiger partial charge in [-0.15, -0.1) is 22.9 Å². The Morgan fingerprint density at radius 1 is 1.50 bits per heavy atom. The van der Waals surface area contributed by atoms with E-state index in [0.29, 0.717) is 11.8 Å². The average molecular weight is 227 g/mol. The minimum absolute atomic E-state index is 0.429. The van der Waals surface area contributed by atoms with E-state index in [2.05, 4.69) is 23.8 Å². The standard InChI is InChI=1S/C10H11ClN2S/c1-6(2)10-13-9-7(5-11)12-4-3-8(9)14-10/h3-4,6H,5H2,1-2H3. The smallest absolute Gasteiger partial charge is 0.104 e. The zero-order chi connectivity index (χ0) is 10.1. The molecule has 2 aromatic rings. The lowest BCUT2D eigenvalue weighted by molar-refractivity contribution is 0.856. The maximum absolute atomic E-state index is 5.80. The molecule has 0 aliphatic heterocycles.